The Bertz CT molecular complexity index is 596. The molecule has 4 heteroatoms. The van der Waals surface area contributed by atoms with E-state index in [0.29, 0.717) is 24.5 Å². The Labute approximate surface area is 191 Å². The van der Waals surface area contributed by atoms with Crippen LogP contribution < -0.4 is 16.0 Å². The third-order valence-corrected chi connectivity index (χ3v) is 6.45. The van der Waals surface area contributed by atoms with E-state index in [1.807, 2.05) is 30.3 Å². The number of hydrogen-bond donors (Lipinski definition) is 3. The predicted octanol–water partition coefficient (Wildman–Crippen LogP) is 5.40. The van der Waals surface area contributed by atoms with Crippen LogP contribution in [-0.2, 0) is 0 Å². The molecule has 2 unspecified atom stereocenters. The molecule has 2 atom stereocenters. The number of nitrogens with one attached hydrogen (secondary N) is 3. The van der Waals surface area contributed by atoms with Gasteiger partial charge in [0.05, 0.1) is 0 Å². The van der Waals surface area contributed by atoms with E-state index in [0.717, 1.165) is 36.9 Å². The molecule has 0 aliphatic heterocycles. The molecule has 176 valence electrons. The molecule has 0 aromatic heterocycles. The molecule has 0 bridgehead atoms. The van der Waals surface area contributed by atoms with Gasteiger partial charge in [-0.1, -0.05) is 78.0 Å². The summed E-state index contributed by atoms with van der Waals surface area (Å²) in [7, 11) is 0. The molecule has 1 aliphatic rings. The molecule has 1 aromatic carbocycles. The van der Waals surface area contributed by atoms with E-state index in [-0.39, 0.29) is 5.91 Å². The van der Waals surface area contributed by atoms with Crippen molar-refractivity contribution in [3.05, 3.63) is 35.9 Å². The van der Waals surface area contributed by atoms with Crippen molar-refractivity contribution in [2.75, 3.05) is 19.6 Å². The van der Waals surface area contributed by atoms with Crippen LogP contribution in [0, 0.1) is 17.8 Å². The van der Waals surface area contributed by atoms with Gasteiger partial charge in [0.25, 0.3) is 5.91 Å². The number of carbonyl (C=O) groups excluding carboxylic acids is 1. The molecule has 1 saturated carbocycles. The van der Waals surface area contributed by atoms with E-state index < -0.39 is 0 Å². The van der Waals surface area contributed by atoms with Gasteiger partial charge in [-0.15, -0.1) is 0 Å². The third-order valence-electron chi connectivity index (χ3n) is 6.45. The number of rotatable bonds is 14. The highest BCUT2D eigenvalue weighted by Crippen LogP contribution is 2.27. The van der Waals surface area contributed by atoms with Crippen LogP contribution in [0.2, 0.25) is 0 Å². The first kappa shape index (κ1) is 25.9. The molecule has 0 saturated heterocycles. The average molecular weight is 430 g/mol. The fourth-order valence-corrected chi connectivity index (χ4v) is 4.66. The molecule has 1 aliphatic carbocycles. The molecule has 3 N–H and O–H groups in total. The molecular formula is C27H47N3O. The molecule has 1 aromatic rings. The first-order valence-electron chi connectivity index (χ1n) is 12.7. The Hall–Kier alpha value is -1.39. The summed E-state index contributed by atoms with van der Waals surface area (Å²) in [6, 6.07) is 10.4. The van der Waals surface area contributed by atoms with Gasteiger partial charge in [-0.2, -0.15) is 0 Å². The van der Waals surface area contributed by atoms with Gasteiger partial charge in [-0.05, 0) is 55.7 Å². The maximum absolute atomic E-state index is 12.6. The van der Waals surface area contributed by atoms with Gasteiger partial charge >= 0.3 is 0 Å². The van der Waals surface area contributed by atoms with Crippen LogP contribution in [0.15, 0.2) is 30.3 Å². The van der Waals surface area contributed by atoms with E-state index in [9.17, 15) is 4.79 Å². The van der Waals surface area contributed by atoms with Crippen LogP contribution in [0.3, 0.4) is 0 Å². The smallest absolute Gasteiger partial charge is 0.251 e. The first-order chi connectivity index (χ1) is 14.9. The van der Waals surface area contributed by atoms with Crippen molar-refractivity contribution in [2.45, 2.75) is 91.1 Å². The summed E-state index contributed by atoms with van der Waals surface area (Å²) in [6.07, 6.45) is 10.3. The van der Waals surface area contributed by atoms with Crippen LogP contribution >= 0.6 is 0 Å². The number of carbonyl (C=O) groups is 1. The maximum Gasteiger partial charge on any atom is 0.251 e. The first-order valence-corrected chi connectivity index (χ1v) is 12.7. The average Bonchev–Trinajstić information content (AvgIpc) is 2.75. The second-order valence-electron chi connectivity index (χ2n) is 10.4. The summed E-state index contributed by atoms with van der Waals surface area (Å²) in [5.41, 5.74) is 0.743. The SMILES string of the molecule is CC(C)CCNC(CNC(CNC(=O)c1ccccc1)CC1CCCCC1)CC(C)C. The minimum absolute atomic E-state index is 0.0323. The Morgan fingerprint density at radius 3 is 2.26 bits per heavy atom. The minimum atomic E-state index is 0.0323. The summed E-state index contributed by atoms with van der Waals surface area (Å²) in [5.74, 6) is 2.22. The van der Waals surface area contributed by atoms with Crippen LogP contribution in [0.4, 0.5) is 0 Å². The Morgan fingerprint density at radius 1 is 0.903 bits per heavy atom. The quantitative estimate of drug-likeness (QED) is 0.371. The number of benzene rings is 1. The molecule has 0 heterocycles. The van der Waals surface area contributed by atoms with Crippen molar-refractivity contribution in [3.63, 3.8) is 0 Å². The zero-order chi connectivity index (χ0) is 22.5. The van der Waals surface area contributed by atoms with Gasteiger partial charge in [0, 0.05) is 30.7 Å². The third kappa shape index (κ3) is 11.2. The van der Waals surface area contributed by atoms with Crippen LogP contribution in [0.25, 0.3) is 0 Å². The lowest BCUT2D eigenvalue weighted by Crippen LogP contribution is -2.48. The zero-order valence-electron chi connectivity index (χ0n) is 20.5. The second-order valence-corrected chi connectivity index (χ2v) is 10.4. The normalized spacial score (nSPS) is 17.1. The molecule has 0 radical (unpaired) electrons. The predicted molar refractivity (Wildman–Crippen MR) is 132 cm³/mol. The van der Waals surface area contributed by atoms with Gasteiger partial charge in [0.2, 0.25) is 0 Å². The van der Waals surface area contributed by atoms with Crippen molar-refractivity contribution in [3.8, 4) is 0 Å². The van der Waals surface area contributed by atoms with Crippen molar-refractivity contribution in [1.82, 2.24) is 16.0 Å². The van der Waals surface area contributed by atoms with Gasteiger partial charge in [0.1, 0.15) is 0 Å². The summed E-state index contributed by atoms with van der Waals surface area (Å²) < 4.78 is 0. The van der Waals surface area contributed by atoms with Gasteiger partial charge in [0.15, 0.2) is 0 Å². The lowest BCUT2D eigenvalue weighted by Gasteiger charge is -2.30. The minimum Gasteiger partial charge on any atom is -0.350 e. The zero-order valence-corrected chi connectivity index (χ0v) is 20.5. The van der Waals surface area contributed by atoms with Gasteiger partial charge in [-0.25, -0.2) is 0 Å². The van der Waals surface area contributed by atoms with Crippen LogP contribution in [-0.4, -0.2) is 37.6 Å². The molecule has 2 rings (SSSR count). The highest BCUT2D eigenvalue weighted by Gasteiger charge is 2.21. The Balaban J connectivity index is 1.90. The topological polar surface area (TPSA) is 53.2 Å². The van der Waals surface area contributed by atoms with Crippen molar-refractivity contribution in [2.24, 2.45) is 17.8 Å². The number of amides is 1. The molecule has 1 fully saturated rings. The standard InChI is InChI=1S/C27H47N3O/c1-21(2)15-16-28-25(17-22(3)4)19-29-26(18-23-11-7-5-8-12-23)20-30-27(31)24-13-9-6-10-14-24/h6,9-10,13-14,21-23,25-26,28-29H,5,7-8,11-12,15-20H2,1-4H3,(H,30,31). The molecule has 0 spiro atoms. The van der Waals surface area contributed by atoms with E-state index in [1.165, 1.54) is 44.9 Å². The molecule has 4 nitrogen and oxygen atoms in total. The second kappa shape index (κ2) is 14.6. The van der Waals surface area contributed by atoms with Gasteiger partial charge < -0.3 is 16.0 Å². The Kier molecular flexibility index (Phi) is 12.2. The fraction of sp³-hybridized carbons (Fsp3) is 0.741. The Morgan fingerprint density at radius 2 is 1.61 bits per heavy atom. The summed E-state index contributed by atoms with van der Waals surface area (Å²) in [5, 5.41) is 10.8. The van der Waals surface area contributed by atoms with E-state index >= 15 is 0 Å². The monoisotopic (exact) mass is 429 g/mol. The van der Waals surface area contributed by atoms with E-state index in [1.54, 1.807) is 0 Å². The largest absolute Gasteiger partial charge is 0.350 e. The van der Waals surface area contributed by atoms with Crippen LogP contribution in [0.5, 0.6) is 0 Å². The van der Waals surface area contributed by atoms with Crippen molar-refractivity contribution in [1.29, 1.82) is 0 Å². The summed E-state index contributed by atoms with van der Waals surface area (Å²) in [4.78, 5) is 12.6. The van der Waals surface area contributed by atoms with Crippen LogP contribution in [0.1, 0.15) is 89.4 Å². The number of hydrogen-bond acceptors (Lipinski definition) is 3. The van der Waals surface area contributed by atoms with Gasteiger partial charge in [-0.3, -0.25) is 4.79 Å². The van der Waals surface area contributed by atoms with E-state index in [2.05, 4.69) is 43.6 Å². The highest BCUT2D eigenvalue weighted by atomic mass is 16.1. The van der Waals surface area contributed by atoms with E-state index in [4.69, 9.17) is 0 Å². The molecule has 31 heavy (non-hydrogen) atoms. The highest BCUT2D eigenvalue weighted by molar-refractivity contribution is 5.94. The molecule has 1 amide bonds. The maximum atomic E-state index is 12.6. The molecular weight excluding hydrogens is 382 g/mol. The van der Waals surface area contributed by atoms with Crippen molar-refractivity contribution < 1.29 is 4.79 Å². The lowest BCUT2D eigenvalue weighted by molar-refractivity contribution is 0.0947. The fourth-order valence-electron chi connectivity index (χ4n) is 4.66. The lowest BCUT2D eigenvalue weighted by atomic mass is 9.84. The summed E-state index contributed by atoms with van der Waals surface area (Å²) in [6.45, 7) is 11.9. The van der Waals surface area contributed by atoms with Crippen molar-refractivity contribution >= 4 is 5.91 Å². The summed E-state index contributed by atoms with van der Waals surface area (Å²) >= 11 is 0.